The molecule has 158 valence electrons. The fourth-order valence-corrected chi connectivity index (χ4v) is 5.52. The normalized spacial score (nSPS) is 27.8. The number of hydrogen-bond donors (Lipinski definition) is 0. The highest BCUT2D eigenvalue weighted by atomic mass is 16.5. The second kappa shape index (κ2) is 9.11. The molecule has 3 aliphatic rings. The van der Waals surface area contributed by atoms with Crippen LogP contribution in [-0.2, 0) is 4.74 Å². The summed E-state index contributed by atoms with van der Waals surface area (Å²) in [4.78, 5) is 8.06. The molecule has 0 radical (unpaired) electrons. The Bertz CT molecular complexity index is 447. The Balaban J connectivity index is 1.44. The quantitative estimate of drug-likeness (QED) is 0.608. The Morgan fingerprint density at radius 3 is 1.89 bits per heavy atom. The topological polar surface area (TPSA) is 19.0 Å². The van der Waals surface area contributed by atoms with Gasteiger partial charge in [0.05, 0.1) is 5.60 Å². The fourth-order valence-electron chi connectivity index (χ4n) is 5.52. The second-order valence-corrected chi connectivity index (χ2v) is 10.3. The number of ether oxygens (including phenoxy) is 1. The lowest BCUT2D eigenvalue weighted by Crippen LogP contribution is -2.57. The van der Waals surface area contributed by atoms with Crippen molar-refractivity contribution in [1.29, 1.82) is 0 Å². The van der Waals surface area contributed by atoms with Crippen LogP contribution in [0, 0.1) is 11.3 Å². The highest BCUT2D eigenvalue weighted by Gasteiger charge is 2.45. The predicted octanol–water partition coefficient (Wildman–Crippen LogP) is 3.71. The standard InChI is InChI=1S/C23H45N3O/c1-6-21(4)26-15-13-25(14-16-26)19-23(27-5)9-11-24(12-10-23)18-22(7-8-22)17-20(2)3/h20-21H,6-19H2,1-5H3. The molecule has 0 bridgehead atoms. The molecule has 0 aromatic carbocycles. The van der Waals surface area contributed by atoms with Crippen LogP contribution in [0.1, 0.15) is 66.2 Å². The molecule has 4 nitrogen and oxygen atoms in total. The van der Waals surface area contributed by atoms with Gasteiger partial charge in [0.1, 0.15) is 0 Å². The molecule has 1 saturated carbocycles. The number of methoxy groups -OCH3 is 1. The van der Waals surface area contributed by atoms with Crippen LogP contribution in [0.15, 0.2) is 0 Å². The van der Waals surface area contributed by atoms with Crippen molar-refractivity contribution in [2.24, 2.45) is 11.3 Å². The van der Waals surface area contributed by atoms with E-state index in [9.17, 15) is 0 Å². The van der Waals surface area contributed by atoms with Gasteiger partial charge in [-0.25, -0.2) is 0 Å². The smallest absolute Gasteiger partial charge is 0.0829 e. The molecule has 0 aromatic rings. The molecule has 27 heavy (non-hydrogen) atoms. The molecule has 3 fully saturated rings. The Hall–Kier alpha value is -0.160. The van der Waals surface area contributed by atoms with Crippen LogP contribution in [0.2, 0.25) is 0 Å². The van der Waals surface area contributed by atoms with Gasteiger partial charge in [-0.3, -0.25) is 9.80 Å². The number of nitrogens with zero attached hydrogens (tertiary/aromatic N) is 3. The van der Waals surface area contributed by atoms with E-state index in [1.807, 2.05) is 7.11 Å². The van der Waals surface area contributed by atoms with Crippen LogP contribution in [0.4, 0.5) is 0 Å². The van der Waals surface area contributed by atoms with Gasteiger partial charge < -0.3 is 9.64 Å². The van der Waals surface area contributed by atoms with Crippen LogP contribution >= 0.6 is 0 Å². The van der Waals surface area contributed by atoms with E-state index in [2.05, 4.69) is 42.4 Å². The van der Waals surface area contributed by atoms with Gasteiger partial charge in [-0.2, -0.15) is 0 Å². The van der Waals surface area contributed by atoms with Crippen LogP contribution in [0.3, 0.4) is 0 Å². The van der Waals surface area contributed by atoms with Gasteiger partial charge in [0.15, 0.2) is 0 Å². The fraction of sp³-hybridized carbons (Fsp3) is 1.00. The number of hydrogen-bond acceptors (Lipinski definition) is 4. The molecule has 1 aliphatic carbocycles. The minimum atomic E-state index is 0.0871. The lowest BCUT2D eigenvalue weighted by molar-refractivity contribution is -0.0845. The van der Waals surface area contributed by atoms with E-state index in [1.54, 1.807) is 0 Å². The third kappa shape index (κ3) is 5.68. The summed E-state index contributed by atoms with van der Waals surface area (Å²) < 4.78 is 6.15. The van der Waals surface area contributed by atoms with Gasteiger partial charge in [-0.1, -0.05) is 20.8 Å². The van der Waals surface area contributed by atoms with E-state index in [-0.39, 0.29) is 5.60 Å². The molecule has 3 rings (SSSR count). The van der Waals surface area contributed by atoms with Crippen LogP contribution in [0.25, 0.3) is 0 Å². The highest BCUT2D eigenvalue weighted by Crippen LogP contribution is 2.51. The van der Waals surface area contributed by atoms with Crippen molar-refractivity contribution >= 4 is 0 Å². The number of piperidine rings is 1. The summed E-state index contributed by atoms with van der Waals surface area (Å²) in [6, 6.07) is 0.729. The van der Waals surface area contributed by atoms with E-state index >= 15 is 0 Å². The molecular weight excluding hydrogens is 334 g/mol. The zero-order valence-electron chi connectivity index (χ0n) is 18.8. The molecular formula is C23H45N3O. The summed E-state index contributed by atoms with van der Waals surface area (Å²) in [5.41, 5.74) is 0.747. The molecule has 4 heteroatoms. The van der Waals surface area contributed by atoms with Crippen molar-refractivity contribution < 1.29 is 4.74 Å². The molecule has 0 spiro atoms. The average Bonchev–Trinajstić information content (AvgIpc) is 3.41. The molecule has 1 atom stereocenters. The third-order valence-corrected chi connectivity index (χ3v) is 7.69. The van der Waals surface area contributed by atoms with Gasteiger partial charge in [-0.15, -0.1) is 0 Å². The Morgan fingerprint density at radius 1 is 0.815 bits per heavy atom. The van der Waals surface area contributed by atoms with Gasteiger partial charge in [0, 0.05) is 65.5 Å². The first-order valence-electron chi connectivity index (χ1n) is 11.6. The lowest BCUT2D eigenvalue weighted by Gasteiger charge is -2.46. The second-order valence-electron chi connectivity index (χ2n) is 10.3. The summed E-state index contributed by atoms with van der Waals surface area (Å²) in [6.07, 6.45) is 7.99. The molecule has 0 N–H and O–H groups in total. The summed E-state index contributed by atoms with van der Waals surface area (Å²) in [5, 5.41) is 0. The average molecular weight is 380 g/mol. The molecule has 1 unspecified atom stereocenters. The molecule has 2 heterocycles. The first-order valence-corrected chi connectivity index (χ1v) is 11.6. The largest absolute Gasteiger partial charge is 0.377 e. The first kappa shape index (κ1) is 21.5. The number of likely N-dealkylation sites (tertiary alicyclic amines) is 1. The van der Waals surface area contributed by atoms with E-state index in [0.29, 0.717) is 5.41 Å². The molecule has 2 saturated heterocycles. The summed E-state index contributed by atoms with van der Waals surface area (Å²) in [7, 11) is 1.95. The van der Waals surface area contributed by atoms with Crippen LogP contribution in [0.5, 0.6) is 0 Å². The van der Waals surface area contributed by atoms with Gasteiger partial charge in [0.2, 0.25) is 0 Å². The minimum absolute atomic E-state index is 0.0871. The Morgan fingerprint density at radius 2 is 1.41 bits per heavy atom. The van der Waals surface area contributed by atoms with E-state index < -0.39 is 0 Å². The van der Waals surface area contributed by atoms with Gasteiger partial charge >= 0.3 is 0 Å². The zero-order chi connectivity index (χ0) is 19.5. The van der Waals surface area contributed by atoms with E-state index in [0.717, 1.165) is 18.5 Å². The SMILES string of the molecule is CCC(C)N1CCN(CC2(OC)CCN(CC3(CC(C)C)CC3)CC2)CC1. The lowest BCUT2D eigenvalue weighted by atomic mass is 9.88. The van der Waals surface area contributed by atoms with Crippen molar-refractivity contribution in [1.82, 2.24) is 14.7 Å². The number of rotatable bonds is 9. The minimum Gasteiger partial charge on any atom is -0.377 e. The molecule has 0 amide bonds. The zero-order valence-corrected chi connectivity index (χ0v) is 18.8. The van der Waals surface area contributed by atoms with Crippen LogP contribution in [-0.4, -0.2) is 85.8 Å². The van der Waals surface area contributed by atoms with Crippen molar-refractivity contribution in [2.45, 2.75) is 77.9 Å². The van der Waals surface area contributed by atoms with Gasteiger partial charge in [0.25, 0.3) is 0 Å². The van der Waals surface area contributed by atoms with Crippen molar-refractivity contribution in [2.75, 3.05) is 59.5 Å². The summed E-state index contributed by atoms with van der Waals surface area (Å²) in [5.74, 6) is 0.837. The highest BCUT2D eigenvalue weighted by molar-refractivity contribution is 4.98. The van der Waals surface area contributed by atoms with Crippen molar-refractivity contribution in [3.8, 4) is 0 Å². The monoisotopic (exact) mass is 379 g/mol. The van der Waals surface area contributed by atoms with Crippen LogP contribution < -0.4 is 0 Å². The summed E-state index contributed by atoms with van der Waals surface area (Å²) in [6.45, 7) is 19.2. The van der Waals surface area contributed by atoms with Gasteiger partial charge in [-0.05, 0) is 56.8 Å². The third-order valence-electron chi connectivity index (χ3n) is 7.69. The number of piperazine rings is 1. The van der Waals surface area contributed by atoms with E-state index in [4.69, 9.17) is 4.74 Å². The predicted molar refractivity (Wildman–Crippen MR) is 114 cm³/mol. The Kier molecular flexibility index (Phi) is 7.27. The maximum absolute atomic E-state index is 6.15. The van der Waals surface area contributed by atoms with E-state index in [1.165, 1.54) is 84.3 Å². The maximum atomic E-state index is 6.15. The maximum Gasteiger partial charge on any atom is 0.0829 e. The first-order chi connectivity index (χ1) is 12.9. The Labute approximate surface area is 168 Å². The van der Waals surface area contributed by atoms with Crippen molar-refractivity contribution in [3.63, 3.8) is 0 Å². The molecule has 0 aromatic heterocycles. The summed E-state index contributed by atoms with van der Waals surface area (Å²) >= 11 is 0. The van der Waals surface area contributed by atoms with Crippen molar-refractivity contribution in [3.05, 3.63) is 0 Å². The molecule has 2 aliphatic heterocycles.